The predicted molar refractivity (Wildman–Crippen MR) is 90.0 cm³/mol. The molecule has 2 N–H and O–H groups in total. The highest BCUT2D eigenvalue weighted by molar-refractivity contribution is 5.80. The molecule has 0 radical (unpaired) electrons. The number of anilines is 2. The lowest BCUT2D eigenvalue weighted by Gasteiger charge is -2.12. The van der Waals surface area contributed by atoms with Gasteiger partial charge in [-0.3, -0.25) is 9.48 Å². The van der Waals surface area contributed by atoms with E-state index >= 15 is 0 Å². The first kappa shape index (κ1) is 17.5. The van der Waals surface area contributed by atoms with E-state index in [1.165, 1.54) is 23.0 Å². The normalized spacial score (nSPS) is 11.3. The van der Waals surface area contributed by atoms with Gasteiger partial charge in [-0.1, -0.05) is 18.2 Å². The lowest BCUT2D eigenvalue weighted by Crippen LogP contribution is -2.08. The molecule has 0 bridgehead atoms. The van der Waals surface area contributed by atoms with Gasteiger partial charge in [-0.05, 0) is 30.3 Å². The standard InChI is InChI=1S/C18H14F3N3O2/c19-18(20,21)13-5-7-14(8-6-13)23-16-4-2-1-3-15(16)12-9-22-24(10-12)11-17(25)26/h1-10,23H,11H2,(H,25,26). The summed E-state index contributed by atoms with van der Waals surface area (Å²) in [5.41, 5.74) is 1.90. The molecule has 0 fully saturated rings. The average Bonchev–Trinajstić information content (AvgIpc) is 3.02. The fourth-order valence-corrected chi connectivity index (χ4v) is 2.47. The van der Waals surface area contributed by atoms with E-state index in [4.69, 9.17) is 5.11 Å². The molecular formula is C18H14F3N3O2. The molecule has 0 aliphatic carbocycles. The Bertz CT molecular complexity index is 918. The number of benzene rings is 2. The van der Waals surface area contributed by atoms with Crippen LogP contribution in [0.3, 0.4) is 0 Å². The van der Waals surface area contributed by atoms with Crippen LogP contribution in [0.15, 0.2) is 60.9 Å². The minimum atomic E-state index is -4.38. The Hall–Kier alpha value is -3.29. The highest BCUT2D eigenvalue weighted by atomic mass is 19.4. The van der Waals surface area contributed by atoms with Gasteiger partial charge in [0.15, 0.2) is 0 Å². The first-order chi connectivity index (χ1) is 12.3. The minimum Gasteiger partial charge on any atom is -0.480 e. The third-order valence-corrected chi connectivity index (χ3v) is 3.66. The van der Waals surface area contributed by atoms with Crippen LogP contribution in [0.4, 0.5) is 24.5 Å². The van der Waals surface area contributed by atoms with Crippen LogP contribution >= 0.6 is 0 Å². The van der Waals surface area contributed by atoms with Crippen LogP contribution in [-0.2, 0) is 17.5 Å². The monoisotopic (exact) mass is 361 g/mol. The first-order valence-corrected chi connectivity index (χ1v) is 7.61. The first-order valence-electron chi connectivity index (χ1n) is 7.61. The Morgan fingerprint density at radius 1 is 1.12 bits per heavy atom. The topological polar surface area (TPSA) is 67.2 Å². The molecule has 0 atom stereocenters. The van der Waals surface area contributed by atoms with Crippen LogP contribution in [0.5, 0.6) is 0 Å². The largest absolute Gasteiger partial charge is 0.480 e. The number of para-hydroxylation sites is 1. The maximum absolute atomic E-state index is 12.7. The number of nitrogens with one attached hydrogen (secondary N) is 1. The van der Waals surface area contributed by atoms with Crippen molar-refractivity contribution in [3.8, 4) is 11.1 Å². The quantitative estimate of drug-likeness (QED) is 0.707. The maximum Gasteiger partial charge on any atom is 0.416 e. The molecule has 8 heteroatoms. The Kier molecular flexibility index (Phi) is 4.66. The highest BCUT2D eigenvalue weighted by Gasteiger charge is 2.29. The molecule has 1 heterocycles. The molecule has 0 saturated carbocycles. The fourth-order valence-electron chi connectivity index (χ4n) is 2.47. The zero-order chi connectivity index (χ0) is 18.7. The van der Waals surface area contributed by atoms with E-state index in [9.17, 15) is 18.0 Å². The lowest BCUT2D eigenvalue weighted by atomic mass is 10.1. The number of carbonyl (C=O) groups is 1. The van der Waals surface area contributed by atoms with Crippen LogP contribution in [-0.4, -0.2) is 20.9 Å². The van der Waals surface area contributed by atoms with Crippen molar-refractivity contribution in [1.82, 2.24) is 9.78 Å². The molecule has 0 spiro atoms. The van der Waals surface area contributed by atoms with Gasteiger partial charge >= 0.3 is 12.1 Å². The van der Waals surface area contributed by atoms with Gasteiger partial charge in [-0.15, -0.1) is 0 Å². The second-order valence-electron chi connectivity index (χ2n) is 5.57. The van der Waals surface area contributed by atoms with Crippen LogP contribution in [0.25, 0.3) is 11.1 Å². The van der Waals surface area contributed by atoms with Crippen LogP contribution in [0.1, 0.15) is 5.56 Å². The lowest BCUT2D eigenvalue weighted by molar-refractivity contribution is -0.138. The summed E-state index contributed by atoms with van der Waals surface area (Å²) in [6, 6.07) is 11.9. The van der Waals surface area contributed by atoms with Crippen LogP contribution < -0.4 is 5.32 Å². The van der Waals surface area contributed by atoms with Crippen molar-refractivity contribution >= 4 is 17.3 Å². The van der Waals surface area contributed by atoms with Gasteiger partial charge < -0.3 is 10.4 Å². The molecule has 134 valence electrons. The van der Waals surface area contributed by atoms with Crippen molar-refractivity contribution in [2.75, 3.05) is 5.32 Å². The molecule has 5 nitrogen and oxygen atoms in total. The predicted octanol–water partition coefficient (Wildman–Crippen LogP) is 4.40. The van der Waals surface area contributed by atoms with Gasteiger partial charge in [0.05, 0.1) is 11.8 Å². The minimum absolute atomic E-state index is 0.255. The summed E-state index contributed by atoms with van der Waals surface area (Å²) >= 11 is 0. The number of alkyl halides is 3. The number of nitrogens with zero attached hydrogens (tertiary/aromatic N) is 2. The molecule has 26 heavy (non-hydrogen) atoms. The van der Waals surface area contributed by atoms with Gasteiger partial charge in [-0.25, -0.2) is 0 Å². The molecule has 3 aromatic rings. The SMILES string of the molecule is O=C(O)Cn1cc(-c2ccccc2Nc2ccc(C(F)(F)F)cc2)cn1. The Morgan fingerprint density at radius 2 is 1.81 bits per heavy atom. The maximum atomic E-state index is 12.7. The number of aliphatic carboxylic acids is 1. The van der Waals surface area contributed by atoms with E-state index in [1.807, 2.05) is 12.1 Å². The number of hydrogen-bond acceptors (Lipinski definition) is 3. The molecule has 0 aliphatic rings. The molecule has 2 aromatic carbocycles. The molecular weight excluding hydrogens is 347 g/mol. The summed E-state index contributed by atoms with van der Waals surface area (Å²) in [6.07, 6.45) is -1.24. The van der Waals surface area contributed by atoms with Gasteiger partial charge in [0.2, 0.25) is 0 Å². The summed E-state index contributed by atoms with van der Waals surface area (Å²) in [5, 5.41) is 15.9. The summed E-state index contributed by atoms with van der Waals surface area (Å²) in [6.45, 7) is -0.255. The Balaban J connectivity index is 1.85. The average molecular weight is 361 g/mol. The van der Waals surface area contributed by atoms with Crippen molar-refractivity contribution in [2.24, 2.45) is 0 Å². The Labute approximate surface area is 146 Å². The van der Waals surface area contributed by atoms with Crippen molar-refractivity contribution in [2.45, 2.75) is 12.7 Å². The van der Waals surface area contributed by atoms with Gasteiger partial charge in [0.25, 0.3) is 0 Å². The molecule has 3 rings (SSSR count). The third kappa shape index (κ3) is 4.02. The molecule has 0 amide bonds. The van der Waals surface area contributed by atoms with E-state index in [0.29, 0.717) is 16.9 Å². The van der Waals surface area contributed by atoms with Gasteiger partial charge in [-0.2, -0.15) is 18.3 Å². The molecule has 0 unspecified atom stereocenters. The highest BCUT2D eigenvalue weighted by Crippen LogP contribution is 2.32. The van der Waals surface area contributed by atoms with Gasteiger partial charge in [0.1, 0.15) is 6.54 Å². The van der Waals surface area contributed by atoms with Gasteiger partial charge in [0, 0.05) is 28.7 Å². The summed E-state index contributed by atoms with van der Waals surface area (Å²) < 4.78 is 39.3. The van der Waals surface area contributed by atoms with E-state index in [1.54, 1.807) is 18.3 Å². The van der Waals surface area contributed by atoms with E-state index < -0.39 is 17.7 Å². The summed E-state index contributed by atoms with van der Waals surface area (Å²) in [5.74, 6) is -1.00. The molecule has 0 saturated heterocycles. The van der Waals surface area contributed by atoms with E-state index in [0.717, 1.165) is 17.7 Å². The smallest absolute Gasteiger partial charge is 0.416 e. The number of hydrogen-bond donors (Lipinski definition) is 2. The zero-order valence-corrected chi connectivity index (χ0v) is 13.4. The second kappa shape index (κ2) is 6.91. The van der Waals surface area contributed by atoms with Crippen molar-refractivity contribution in [1.29, 1.82) is 0 Å². The number of carboxylic acid groups (broad SMARTS) is 1. The van der Waals surface area contributed by atoms with Crippen molar-refractivity contribution in [3.05, 3.63) is 66.5 Å². The third-order valence-electron chi connectivity index (χ3n) is 3.66. The second-order valence-corrected chi connectivity index (χ2v) is 5.57. The summed E-state index contributed by atoms with van der Waals surface area (Å²) in [7, 11) is 0. The fraction of sp³-hybridized carbons (Fsp3) is 0.111. The van der Waals surface area contributed by atoms with Crippen molar-refractivity contribution < 1.29 is 23.1 Å². The number of halogens is 3. The number of aromatic nitrogens is 2. The van der Waals surface area contributed by atoms with E-state index in [-0.39, 0.29) is 6.54 Å². The Morgan fingerprint density at radius 3 is 2.46 bits per heavy atom. The molecule has 1 aromatic heterocycles. The zero-order valence-electron chi connectivity index (χ0n) is 13.4. The van der Waals surface area contributed by atoms with Crippen molar-refractivity contribution in [3.63, 3.8) is 0 Å². The van der Waals surface area contributed by atoms with E-state index in [2.05, 4.69) is 10.4 Å². The van der Waals surface area contributed by atoms with Crippen LogP contribution in [0, 0.1) is 0 Å². The van der Waals surface area contributed by atoms with Crippen LogP contribution in [0.2, 0.25) is 0 Å². The summed E-state index contributed by atoms with van der Waals surface area (Å²) in [4.78, 5) is 10.8. The number of rotatable bonds is 5. The number of carboxylic acids is 1. The molecule has 0 aliphatic heterocycles.